The van der Waals surface area contributed by atoms with Crippen LogP contribution in [0.2, 0.25) is 0 Å². The number of aldehydes is 1. The van der Waals surface area contributed by atoms with E-state index in [1.54, 1.807) is 0 Å². The minimum atomic E-state index is 0.549. The van der Waals surface area contributed by atoms with Crippen LogP contribution in [0.4, 0.5) is 0 Å². The van der Waals surface area contributed by atoms with Crippen molar-refractivity contribution >= 4 is 18.0 Å². The monoisotopic (exact) mass is 131 g/mol. The van der Waals surface area contributed by atoms with Gasteiger partial charge >= 0.3 is 0 Å². The number of thioether (sulfide) groups is 1. The Morgan fingerprint density at radius 1 is 1.88 bits per heavy atom. The summed E-state index contributed by atoms with van der Waals surface area (Å²) in [7, 11) is 0. The van der Waals surface area contributed by atoms with Crippen molar-refractivity contribution in [3.8, 4) is 0 Å². The molecule has 46 valence electrons. The summed E-state index contributed by atoms with van der Waals surface area (Å²) in [5.74, 6) is 1.01. The van der Waals surface area contributed by atoms with Gasteiger partial charge in [-0.05, 0) is 0 Å². The third kappa shape index (κ3) is 1.49. The molecule has 1 heterocycles. The zero-order valence-electron chi connectivity index (χ0n) is 4.59. The van der Waals surface area contributed by atoms with Gasteiger partial charge in [0.1, 0.15) is 6.29 Å². The number of carbonyl (C=O) groups excluding carboxylic acids is 1. The average molecular weight is 131 g/mol. The van der Waals surface area contributed by atoms with Crippen LogP contribution in [0.15, 0.2) is 0 Å². The first-order chi connectivity index (χ1) is 3.93. The molecule has 0 saturated carbocycles. The van der Waals surface area contributed by atoms with Gasteiger partial charge < -0.3 is 10.1 Å². The summed E-state index contributed by atoms with van der Waals surface area (Å²) in [6.45, 7) is 1.00. The molecule has 0 bridgehead atoms. The smallest absolute Gasteiger partial charge is 0.121 e. The van der Waals surface area contributed by atoms with Crippen LogP contribution < -0.4 is 5.32 Å². The van der Waals surface area contributed by atoms with Crippen molar-refractivity contribution in [1.29, 1.82) is 0 Å². The molecule has 0 aromatic rings. The molecule has 1 aliphatic rings. The first-order valence-electron chi connectivity index (χ1n) is 2.69. The number of hydrogen-bond donors (Lipinski definition) is 1. The zero-order chi connectivity index (χ0) is 5.82. The molecule has 8 heavy (non-hydrogen) atoms. The third-order valence-electron chi connectivity index (χ3n) is 1.15. The van der Waals surface area contributed by atoms with Gasteiger partial charge in [-0.25, -0.2) is 0 Å². The second-order valence-corrected chi connectivity index (χ2v) is 3.08. The van der Waals surface area contributed by atoms with Crippen LogP contribution in [0.3, 0.4) is 0 Å². The van der Waals surface area contributed by atoms with E-state index in [9.17, 15) is 4.79 Å². The molecule has 0 aromatic heterocycles. The molecule has 1 N–H and O–H groups in total. The summed E-state index contributed by atoms with van der Waals surface area (Å²) in [4.78, 5) is 9.92. The zero-order valence-corrected chi connectivity index (χ0v) is 5.41. The fourth-order valence-electron chi connectivity index (χ4n) is 0.714. The van der Waals surface area contributed by atoms with E-state index in [0.717, 1.165) is 18.7 Å². The lowest BCUT2D eigenvalue weighted by Crippen LogP contribution is -2.12. The first kappa shape index (κ1) is 6.11. The summed E-state index contributed by atoms with van der Waals surface area (Å²) in [5, 5.41) is 3.71. The Hall–Kier alpha value is -0.0200. The molecule has 0 spiro atoms. The van der Waals surface area contributed by atoms with E-state index in [4.69, 9.17) is 0 Å². The van der Waals surface area contributed by atoms with Crippen LogP contribution in [0.5, 0.6) is 0 Å². The largest absolute Gasteiger partial charge is 0.307 e. The van der Waals surface area contributed by atoms with Gasteiger partial charge in [-0.2, -0.15) is 0 Å². The van der Waals surface area contributed by atoms with E-state index in [1.165, 1.54) is 0 Å². The standard InChI is InChI=1S/C5H9NOS/c7-2-1-5-3-6-4-8-5/h2,5-6H,1,3-4H2/t5-/m1/s1. The predicted molar refractivity (Wildman–Crippen MR) is 34.9 cm³/mol. The van der Waals surface area contributed by atoms with Crippen LogP contribution in [0.1, 0.15) is 6.42 Å². The quantitative estimate of drug-likeness (QED) is 0.544. The second-order valence-electron chi connectivity index (χ2n) is 1.79. The molecular weight excluding hydrogens is 122 g/mol. The molecule has 0 aliphatic carbocycles. The van der Waals surface area contributed by atoms with Crippen LogP contribution >= 0.6 is 11.8 Å². The summed E-state index contributed by atoms with van der Waals surface area (Å²) in [6.07, 6.45) is 1.70. The van der Waals surface area contributed by atoms with E-state index >= 15 is 0 Å². The van der Waals surface area contributed by atoms with Gasteiger partial charge in [0.2, 0.25) is 0 Å². The Labute approximate surface area is 53.0 Å². The highest BCUT2D eigenvalue weighted by Crippen LogP contribution is 2.15. The van der Waals surface area contributed by atoms with Gasteiger partial charge in [0.15, 0.2) is 0 Å². The number of hydrogen-bond acceptors (Lipinski definition) is 3. The first-order valence-corrected chi connectivity index (χ1v) is 3.74. The fraction of sp³-hybridized carbons (Fsp3) is 0.800. The Morgan fingerprint density at radius 3 is 3.25 bits per heavy atom. The molecule has 2 nitrogen and oxygen atoms in total. The minimum absolute atomic E-state index is 0.549. The summed E-state index contributed by atoms with van der Waals surface area (Å²) in [5.41, 5.74) is 0. The molecule has 1 aliphatic heterocycles. The Kier molecular flexibility index (Phi) is 2.36. The van der Waals surface area contributed by atoms with Gasteiger partial charge in [0.05, 0.1) is 0 Å². The van der Waals surface area contributed by atoms with Gasteiger partial charge in [-0.15, -0.1) is 11.8 Å². The van der Waals surface area contributed by atoms with E-state index in [-0.39, 0.29) is 0 Å². The molecule has 1 rings (SSSR count). The number of rotatable bonds is 2. The van der Waals surface area contributed by atoms with Crippen molar-refractivity contribution in [2.75, 3.05) is 12.4 Å². The fourth-order valence-corrected chi connectivity index (χ4v) is 1.64. The van der Waals surface area contributed by atoms with Crippen molar-refractivity contribution in [2.45, 2.75) is 11.7 Å². The normalized spacial score (nSPS) is 28.2. The van der Waals surface area contributed by atoms with E-state index in [0.29, 0.717) is 11.7 Å². The molecule has 0 aromatic carbocycles. The highest BCUT2D eigenvalue weighted by molar-refractivity contribution is 8.00. The van der Waals surface area contributed by atoms with Gasteiger partial charge in [-0.3, -0.25) is 0 Å². The molecule has 3 heteroatoms. The predicted octanol–water partition coefficient (Wildman–Crippen LogP) is 0.238. The Morgan fingerprint density at radius 2 is 2.75 bits per heavy atom. The van der Waals surface area contributed by atoms with Crippen molar-refractivity contribution in [3.63, 3.8) is 0 Å². The molecule has 0 radical (unpaired) electrons. The molecule has 1 fully saturated rings. The lowest BCUT2D eigenvalue weighted by Gasteiger charge is -1.97. The van der Waals surface area contributed by atoms with Crippen LogP contribution in [-0.2, 0) is 4.79 Å². The Bertz CT molecular complexity index is 80.5. The van der Waals surface area contributed by atoms with Crippen molar-refractivity contribution in [1.82, 2.24) is 5.32 Å². The number of carbonyl (C=O) groups is 1. The van der Waals surface area contributed by atoms with Crippen molar-refractivity contribution < 1.29 is 4.79 Å². The lowest BCUT2D eigenvalue weighted by atomic mass is 10.3. The summed E-state index contributed by atoms with van der Waals surface area (Å²) < 4.78 is 0. The lowest BCUT2D eigenvalue weighted by molar-refractivity contribution is -0.107. The maximum Gasteiger partial charge on any atom is 0.121 e. The van der Waals surface area contributed by atoms with Gasteiger partial charge in [0, 0.05) is 24.1 Å². The van der Waals surface area contributed by atoms with E-state index < -0.39 is 0 Å². The molecule has 0 amide bonds. The summed E-state index contributed by atoms with van der Waals surface area (Å²) in [6, 6.07) is 0. The van der Waals surface area contributed by atoms with Gasteiger partial charge in [-0.1, -0.05) is 0 Å². The average Bonchev–Trinajstić information content (AvgIpc) is 2.19. The van der Waals surface area contributed by atoms with Crippen molar-refractivity contribution in [3.05, 3.63) is 0 Å². The van der Waals surface area contributed by atoms with Crippen LogP contribution in [0.25, 0.3) is 0 Å². The SMILES string of the molecule is O=CC[C@@H]1CNCS1. The highest BCUT2D eigenvalue weighted by atomic mass is 32.2. The van der Waals surface area contributed by atoms with Crippen molar-refractivity contribution in [2.24, 2.45) is 0 Å². The van der Waals surface area contributed by atoms with Gasteiger partial charge in [0.25, 0.3) is 0 Å². The Balaban J connectivity index is 2.14. The molecule has 1 atom stereocenters. The van der Waals surface area contributed by atoms with E-state index in [2.05, 4.69) is 5.32 Å². The molecular formula is C5H9NOS. The summed E-state index contributed by atoms with van der Waals surface area (Å²) >= 11 is 1.82. The van der Waals surface area contributed by atoms with E-state index in [1.807, 2.05) is 11.8 Å². The third-order valence-corrected chi connectivity index (χ3v) is 2.35. The maximum atomic E-state index is 9.92. The highest BCUT2D eigenvalue weighted by Gasteiger charge is 2.12. The second kappa shape index (κ2) is 3.10. The molecule has 0 unspecified atom stereocenters. The van der Waals surface area contributed by atoms with Crippen LogP contribution in [-0.4, -0.2) is 24.0 Å². The minimum Gasteiger partial charge on any atom is -0.307 e. The number of nitrogens with one attached hydrogen (secondary N) is 1. The maximum absolute atomic E-state index is 9.92. The van der Waals surface area contributed by atoms with Crippen LogP contribution in [0, 0.1) is 0 Å². The molecule has 1 saturated heterocycles. The topological polar surface area (TPSA) is 29.1 Å².